The first-order valence-electron chi connectivity index (χ1n) is 7.82. The number of hydrogen-bond donors (Lipinski definition) is 6. The molecule has 0 unspecified atom stereocenters. The van der Waals surface area contributed by atoms with Gasteiger partial charge in [0.05, 0.1) is 16.3 Å². The second-order valence-corrected chi connectivity index (χ2v) is 6.67. The molecule has 7 N–H and O–H groups in total. The van der Waals surface area contributed by atoms with Gasteiger partial charge in [0.25, 0.3) is 5.91 Å². The lowest BCUT2D eigenvalue weighted by Crippen LogP contribution is -2.36. The van der Waals surface area contributed by atoms with Gasteiger partial charge in [-0.3, -0.25) is 9.59 Å². The molecular weight excluding hydrogens is 338 g/mol. The normalized spacial score (nSPS) is 12.6. The van der Waals surface area contributed by atoms with Gasteiger partial charge in [-0.15, -0.1) is 12.6 Å². The molecule has 25 heavy (non-hydrogen) atoms. The van der Waals surface area contributed by atoms with Crippen molar-refractivity contribution < 1.29 is 9.59 Å². The van der Waals surface area contributed by atoms with E-state index in [0.717, 1.165) is 0 Å². The maximum Gasteiger partial charge on any atom is 0.250 e. The molecule has 0 aliphatic heterocycles. The van der Waals surface area contributed by atoms with E-state index < -0.39 is 17.9 Å². The molecule has 0 aliphatic rings. The number of thiol groups is 1. The fraction of sp³-hybridized carbons (Fsp3) is 0.353. The van der Waals surface area contributed by atoms with Crippen LogP contribution in [0.3, 0.4) is 0 Å². The molecule has 0 fully saturated rings. The number of carbonyl (C=O) groups excluding carboxylic acids is 2. The Morgan fingerprint density at radius 1 is 1.32 bits per heavy atom. The molecule has 0 bridgehead atoms. The Kier molecular flexibility index (Phi) is 7.50. The van der Waals surface area contributed by atoms with Crippen LogP contribution in [0.1, 0.15) is 37.6 Å². The third-order valence-corrected chi connectivity index (χ3v) is 3.53. The van der Waals surface area contributed by atoms with Crippen LogP contribution in [0, 0.1) is 11.3 Å². The SMILES string of the molecule is CC(=N)/C=C(\S)Nc1cc(N[C@H](CC(C)C)C(N)=O)ccc1C(N)=O. The summed E-state index contributed by atoms with van der Waals surface area (Å²) >= 11 is 4.24. The first-order chi connectivity index (χ1) is 11.6. The summed E-state index contributed by atoms with van der Waals surface area (Å²) in [5, 5.41) is 13.9. The highest BCUT2D eigenvalue weighted by Crippen LogP contribution is 2.24. The van der Waals surface area contributed by atoms with Crippen molar-refractivity contribution in [1.82, 2.24) is 0 Å². The average Bonchev–Trinajstić information content (AvgIpc) is 2.44. The molecule has 0 spiro atoms. The number of benzene rings is 1. The molecule has 0 radical (unpaired) electrons. The van der Waals surface area contributed by atoms with Crippen LogP contribution in [0.2, 0.25) is 0 Å². The Labute approximate surface area is 153 Å². The van der Waals surface area contributed by atoms with Gasteiger partial charge in [0, 0.05) is 11.4 Å². The molecule has 0 saturated heterocycles. The summed E-state index contributed by atoms with van der Waals surface area (Å²) < 4.78 is 0. The molecule has 0 aliphatic carbocycles. The minimum absolute atomic E-state index is 0.271. The quantitative estimate of drug-likeness (QED) is 0.296. The van der Waals surface area contributed by atoms with Crippen molar-refractivity contribution in [2.75, 3.05) is 10.6 Å². The van der Waals surface area contributed by atoms with Crippen LogP contribution in [-0.4, -0.2) is 23.6 Å². The Morgan fingerprint density at radius 3 is 2.44 bits per heavy atom. The van der Waals surface area contributed by atoms with Gasteiger partial charge < -0.3 is 27.5 Å². The number of amides is 2. The predicted molar refractivity (Wildman–Crippen MR) is 105 cm³/mol. The maximum atomic E-state index is 11.6. The largest absolute Gasteiger partial charge is 0.374 e. The first-order valence-corrected chi connectivity index (χ1v) is 8.27. The van der Waals surface area contributed by atoms with Crippen LogP contribution >= 0.6 is 12.6 Å². The van der Waals surface area contributed by atoms with Crippen LogP contribution in [0.5, 0.6) is 0 Å². The Hall–Kier alpha value is -2.48. The number of rotatable bonds is 9. The van der Waals surface area contributed by atoms with Crippen molar-refractivity contribution in [2.45, 2.75) is 33.2 Å². The van der Waals surface area contributed by atoms with Crippen molar-refractivity contribution in [1.29, 1.82) is 5.41 Å². The van der Waals surface area contributed by atoms with E-state index in [1.807, 2.05) is 13.8 Å². The topological polar surface area (TPSA) is 134 Å². The van der Waals surface area contributed by atoms with Crippen LogP contribution in [0.25, 0.3) is 0 Å². The maximum absolute atomic E-state index is 11.6. The van der Waals surface area contributed by atoms with Crippen molar-refractivity contribution in [3.8, 4) is 0 Å². The molecule has 1 atom stereocenters. The number of nitrogens with one attached hydrogen (secondary N) is 3. The fourth-order valence-corrected chi connectivity index (χ4v) is 2.56. The highest BCUT2D eigenvalue weighted by molar-refractivity contribution is 7.84. The molecule has 1 aromatic rings. The average molecular weight is 363 g/mol. The van der Waals surface area contributed by atoms with E-state index in [2.05, 4.69) is 23.3 Å². The lowest BCUT2D eigenvalue weighted by atomic mass is 10.0. The number of carbonyl (C=O) groups is 2. The van der Waals surface area contributed by atoms with Gasteiger partial charge in [-0.25, -0.2) is 0 Å². The zero-order valence-electron chi connectivity index (χ0n) is 14.6. The Bertz CT molecular complexity index is 700. The van der Waals surface area contributed by atoms with Crippen LogP contribution in [0.4, 0.5) is 11.4 Å². The minimum Gasteiger partial charge on any atom is -0.374 e. The van der Waals surface area contributed by atoms with E-state index in [9.17, 15) is 9.59 Å². The van der Waals surface area contributed by atoms with E-state index in [-0.39, 0.29) is 11.5 Å². The number of allylic oxidation sites excluding steroid dienone is 1. The van der Waals surface area contributed by atoms with E-state index in [4.69, 9.17) is 16.9 Å². The molecule has 8 heteroatoms. The number of nitrogens with two attached hydrogens (primary N) is 2. The van der Waals surface area contributed by atoms with Gasteiger partial charge in [-0.2, -0.15) is 0 Å². The molecule has 2 amide bonds. The van der Waals surface area contributed by atoms with Crippen LogP contribution in [-0.2, 0) is 4.79 Å². The first kappa shape index (κ1) is 20.6. The van der Waals surface area contributed by atoms with E-state index in [1.165, 1.54) is 6.08 Å². The summed E-state index contributed by atoms with van der Waals surface area (Å²) in [6.07, 6.45) is 2.08. The van der Waals surface area contributed by atoms with Gasteiger partial charge >= 0.3 is 0 Å². The van der Waals surface area contributed by atoms with Gasteiger partial charge in [-0.1, -0.05) is 13.8 Å². The molecule has 1 rings (SSSR count). The molecule has 1 aromatic carbocycles. The molecule has 0 saturated carbocycles. The second-order valence-electron chi connectivity index (χ2n) is 6.19. The lowest BCUT2D eigenvalue weighted by Gasteiger charge is -2.20. The van der Waals surface area contributed by atoms with Gasteiger partial charge in [0.1, 0.15) is 6.04 Å². The van der Waals surface area contributed by atoms with E-state index in [1.54, 1.807) is 25.1 Å². The highest BCUT2D eigenvalue weighted by atomic mass is 32.1. The van der Waals surface area contributed by atoms with Gasteiger partial charge in [0.15, 0.2) is 0 Å². The van der Waals surface area contributed by atoms with Crippen molar-refractivity contribution in [3.63, 3.8) is 0 Å². The summed E-state index contributed by atoms with van der Waals surface area (Å²) in [5.74, 6) is -0.762. The molecule has 0 heterocycles. The van der Waals surface area contributed by atoms with Crippen LogP contribution in [0.15, 0.2) is 29.3 Å². The number of hydrogen-bond acceptors (Lipinski definition) is 6. The molecule has 136 valence electrons. The third kappa shape index (κ3) is 6.88. The number of anilines is 2. The Morgan fingerprint density at radius 2 is 1.96 bits per heavy atom. The summed E-state index contributed by atoms with van der Waals surface area (Å²) in [5.41, 5.74) is 12.5. The molecular formula is C17H25N5O2S. The molecule has 7 nitrogen and oxygen atoms in total. The zero-order valence-corrected chi connectivity index (χ0v) is 15.5. The molecule has 0 aromatic heterocycles. The summed E-state index contributed by atoms with van der Waals surface area (Å²) in [7, 11) is 0. The van der Waals surface area contributed by atoms with E-state index >= 15 is 0 Å². The predicted octanol–water partition coefficient (Wildman–Crippen LogP) is 2.32. The summed E-state index contributed by atoms with van der Waals surface area (Å²) in [6.45, 7) is 5.60. The zero-order chi connectivity index (χ0) is 19.1. The van der Waals surface area contributed by atoms with Gasteiger partial charge in [0.2, 0.25) is 5.91 Å². The monoisotopic (exact) mass is 363 g/mol. The number of primary amides is 2. The third-order valence-electron chi connectivity index (χ3n) is 3.29. The Balaban J connectivity index is 3.14. The van der Waals surface area contributed by atoms with Crippen LogP contribution < -0.4 is 22.1 Å². The lowest BCUT2D eigenvalue weighted by molar-refractivity contribution is -0.119. The highest BCUT2D eigenvalue weighted by Gasteiger charge is 2.18. The van der Waals surface area contributed by atoms with Crippen molar-refractivity contribution in [2.24, 2.45) is 17.4 Å². The van der Waals surface area contributed by atoms with Gasteiger partial charge in [-0.05, 0) is 43.5 Å². The second kappa shape index (κ2) is 9.12. The van der Waals surface area contributed by atoms with E-state index in [0.29, 0.717) is 28.5 Å². The van der Waals surface area contributed by atoms with Crippen molar-refractivity contribution >= 4 is 41.5 Å². The van der Waals surface area contributed by atoms with Crippen molar-refractivity contribution in [3.05, 3.63) is 34.9 Å². The fourth-order valence-electron chi connectivity index (χ4n) is 2.25. The summed E-state index contributed by atoms with van der Waals surface area (Å²) in [4.78, 5) is 23.2. The summed E-state index contributed by atoms with van der Waals surface area (Å²) in [6, 6.07) is 4.34. The minimum atomic E-state index is -0.601. The standard InChI is InChI=1S/C17H25N5O2S/c1-9(2)6-14(17(20)24)21-11-4-5-12(16(19)23)13(8-11)22-15(25)7-10(3)18/h4-5,7-9,14,18,21-22,25H,6H2,1-3H3,(H2,19,23)(H2,20,24)/b15-7-,18-10?/t14-/m1/s1. The smallest absolute Gasteiger partial charge is 0.250 e.